The van der Waals surface area contributed by atoms with Gasteiger partial charge in [0, 0.05) is 72.3 Å². The first-order chi connectivity index (χ1) is 19.3. The van der Waals surface area contributed by atoms with Crippen LogP contribution in [0.3, 0.4) is 0 Å². The monoisotopic (exact) mass is 609 g/mol. The molecule has 5 rings (SSSR count). The molecule has 12 nitrogen and oxygen atoms in total. The minimum absolute atomic E-state index is 0.00176. The number of aromatic hydroxyl groups is 1. The van der Waals surface area contributed by atoms with E-state index >= 15 is 0 Å². The molecule has 0 spiro atoms. The summed E-state index contributed by atoms with van der Waals surface area (Å²) in [6, 6.07) is 3.21. The Labute approximate surface area is 239 Å². The van der Waals surface area contributed by atoms with Crippen molar-refractivity contribution in [2.75, 3.05) is 45.8 Å². The van der Waals surface area contributed by atoms with Gasteiger partial charge in [-0.3, -0.25) is 19.3 Å². The van der Waals surface area contributed by atoms with Gasteiger partial charge in [0.15, 0.2) is 16.5 Å². The molecule has 0 unspecified atom stereocenters. The summed E-state index contributed by atoms with van der Waals surface area (Å²) in [7, 11) is 0.791. The SMILES string of the molecule is CCN(CC[C@@]12CCN1n1cc(-c3nnc(Cc4ccc(F)cc4F)s3)c(=O)c(O)c1C(=O)N2C)S(=O)(=O)N(C)C. The summed E-state index contributed by atoms with van der Waals surface area (Å²) in [5, 5.41) is 21.3. The highest BCUT2D eigenvalue weighted by Crippen LogP contribution is 2.42. The summed E-state index contributed by atoms with van der Waals surface area (Å²) >= 11 is 1.01. The number of rotatable bonds is 9. The summed E-state index contributed by atoms with van der Waals surface area (Å²) in [6.07, 6.45) is 2.27. The molecule has 4 heterocycles. The van der Waals surface area contributed by atoms with Gasteiger partial charge in [-0.2, -0.15) is 17.0 Å². The zero-order valence-corrected chi connectivity index (χ0v) is 24.5. The highest BCUT2D eigenvalue weighted by Gasteiger charge is 2.55. The van der Waals surface area contributed by atoms with Gasteiger partial charge < -0.3 is 10.0 Å². The van der Waals surface area contributed by atoms with Crippen LogP contribution in [0.5, 0.6) is 5.75 Å². The van der Waals surface area contributed by atoms with Crippen molar-refractivity contribution in [2.45, 2.75) is 31.8 Å². The number of hydrogen-bond acceptors (Lipinski definition) is 9. The number of nitrogens with zero attached hydrogens (tertiary/aromatic N) is 7. The third kappa shape index (κ3) is 4.67. The maximum Gasteiger partial charge on any atom is 0.281 e. The molecule has 41 heavy (non-hydrogen) atoms. The predicted octanol–water partition coefficient (Wildman–Crippen LogP) is 1.58. The van der Waals surface area contributed by atoms with Crippen LogP contribution in [0.15, 0.2) is 29.2 Å². The van der Waals surface area contributed by atoms with Gasteiger partial charge >= 0.3 is 0 Å². The molecular weight excluding hydrogens is 580 g/mol. The van der Waals surface area contributed by atoms with E-state index in [0.717, 1.165) is 27.8 Å². The molecule has 0 radical (unpaired) electrons. The van der Waals surface area contributed by atoms with Crippen LogP contribution in [-0.4, -0.2) is 94.3 Å². The summed E-state index contributed by atoms with van der Waals surface area (Å²) in [6.45, 7) is 2.59. The third-order valence-corrected chi connectivity index (χ3v) is 10.7. The van der Waals surface area contributed by atoms with Crippen LogP contribution in [0.4, 0.5) is 8.78 Å². The predicted molar refractivity (Wildman–Crippen MR) is 147 cm³/mol. The summed E-state index contributed by atoms with van der Waals surface area (Å²) in [5.74, 6) is -2.76. The first-order valence-corrected chi connectivity index (χ1v) is 15.0. The van der Waals surface area contributed by atoms with Crippen LogP contribution >= 0.6 is 11.3 Å². The minimum atomic E-state index is -3.68. The van der Waals surface area contributed by atoms with Crippen LogP contribution < -0.4 is 10.4 Å². The van der Waals surface area contributed by atoms with E-state index in [4.69, 9.17) is 0 Å². The topological polar surface area (TPSA) is 132 Å². The zero-order valence-electron chi connectivity index (χ0n) is 22.8. The summed E-state index contributed by atoms with van der Waals surface area (Å²) < 4.78 is 56.8. The van der Waals surface area contributed by atoms with Gasteiger partial charge in [0.25, 0.3) is 16.1 Å². The Hall–Kier alpha value is -3.47. The number of carbonyl (C=O) groups excluding carboxylic acids is 1. The molecule has 1 amide bonds. The lowest BCUT2D eigenvalue weighted by molar-refractivity contribution is -0.0000402. The quantitative estimate of drug-likeness (QED) is 0.387. The van der Waals surface area contributed by atoms with Gasteiger partial charge in [0.2, 0.25) is 5.43 Å². The van der Waals surface area contributed by atoms with Gasteiger partial charge in [-0.15, -0.1) is 10.2 Å². The molecule has 220 valence electrons. The summed E-state index contributed by atoms with van der Waals surface area (Å²) in [5.41, 5.74) is -1.70. The number of hydrogen-bond donors (Lipinski definition) is 1. The number of aromatic nitrogens is 3. The van der Waals surface area contributed by atoms with Crippen molar-refractivity contribution < 1.29 is 27.1 Å². The molecule has 3 aromatic rings. The highest BCUT2D eigenvalue weighted by molar-refractivity contribution is 7.86. The second-order valence-electron chi connectivity index (χ2n) is 10.1. The third-order valence-electron chi connectivity index (χ3n) is 7.72. The standard InChI is InChI=1S/C25H29F2N7O5S2/c1-5-32(41(38,39)30(2)3)10-8-25-9-11-34(25)33-14-17(21(35)22(36)20(33)24(37)31(25)4)23-29-28-19(40-23)12-15-6-7-16(26)13-18(15)27/h6-7,13-14,36H,5,8-12H2,1-4H3/t25-/m0/s1. The highest BCUT2D eigenvalue weighted by atomic mass is 32.2. The Bertz CT molecular complexity index is 1690. The van der Waals surface area contributed by atoms with E-state index in [1.54, 1.807) is 14.0 Å². The number of fused-ring (bicyclic) bond motifs is 3. The maximum absolute atomic E-state index is 14.2. The molecule has 0 saturated carbocycles. The Morgan fingerprint density at radius 2 is 1.93 bits per heavy atom. The van der Waals surface area contributed by atoms with E-state index in [1.165, 1.54) is 40.2 Å². The van der Waals surface area contributed by atoms with Gasteiger partial charge in [-0.25, -0.2) is 8.78 Å². The lowest BCUT2D eigenvalue weighted by Crippen LogP contribution is -2.77. The normalized spacial score (nSPS) is 18.6. The number of amides is 1. The first kappa shape index (κ1) is 29.0. The fourth-order valence-electron chi connectivity index (χ4n) is 5.25. The first-order valence-electron chi connectivity index (χ1n) is 12.8. The number of pyridine rings is 1. The minimum Gasteiger partial charge on any atom is -0.502 e. The molecule has 2 aliphatic rings. The smallest absolute Gasteiger partial charge is 0.281 e. The molecular formula is C25H29F2N7O5S2. The van der Waals surface area contributed by atoms with E-state index in [1.807, 2.05) is 5.01 Å². The van der Waals surface area contributed by atoms with Crippen LogP contribution in [-0.2, 0) is 16.6 Å². The second-order valence-corrected chi connectivity index (χ2v) is 13.3. The molecule has 1 saturated heterocycles. The van der Waals surface area contributed by atoms with Crippen LogP contribution in [0.2, 0.25) is 0 Å². The van der Waals surface area contributed by atoms with Crippen molar-refractivity contribution in [3.8, 4) is 16.3 Å². The van der Waals surface area contributed by atoms with Gasteiger partial charge in [-0.1, -0.05) is 24.3 Å². The van der Waals surface area contributed by atoms with Crippen molar-refractivity contribution in [1.29, 1.82) is 0 Å². The maximum atomic E-state index is 14.2. The van der Waals surface area contributed by atoms with Crippen molar-refractivity contribution in [3.63, 3.8) is 0 Å². The number of benzene rings is 1. The molecule has 2 aromatic heterocycles. The van der Waals surface area contributed by atoms with Crippen molar-refractivity contribution in [3.05, 3.63) is 62.5 Å². The Balaban J connectivity index is 1.49. The van der Waals surface area contributed by atoms with Gasteiger partial charge in [-0.05, 0) is 11.6 Å². The van der Waals surface area contributed by atoms with Crippen LogP contribution in [0.25, 0.3) is 10.6 Å². The van der Waals surface area contributed by atoms with Gasteiger partial charge in [0.1, 0.15) is 22.3 Å². The molecule has 1 fully saturated rings. The molecule has 1 atom stereocenters. The average Bonchev–Trinajstić information content (AvgIpc) is 3.36. The Kier molecular flexibility index (Phi) is 7.38. The Morgan fingerprint density at radius 1 is 1.20 bits per heavy atom. The molecule has 1 N–H and O–H groups in total. The zero-order chi connectivity index (χ0) is 29.9. The molecule has 2 aliphatic heterocycles. The largest absolute Gasteiger partial charge is 0.502 e. The van der Waals surface area contributed by atoms with Crippen molar-refractivity contribution in [1.82, 2.24) is 28.4 Å². The average molecular weight is 610 g/mol. The molecule has 0 bridgehead atoms. The van der Waals surface area contributed by atoms with Gasteiger partial charge in [0.05, 0.1) is 5.56 Å². The lowest BCUT2D eigenvalue weighted by Gasteiger charge is -2.61. The van der Waals surface area contributed by atoms with Crippen molar-refractivity contribution in [2.24, 2.45) is 0 Å². The van der Waals surface area contributed by atoms with E-state index in [9.17, 15) is 31.9 Å². The van der Waals surface area contributed by atoms with E-state index in [0.29, 0.717) is 18.0 Å². The molecule has 16 heteroatoms. The van der Waals surface area contributed by atoms with E-state index < -0.39 is 44.6 Å². The number of halogens is 2. The van der Waals surface area contributed by atoms with E-state index in [-0.39, 0.29) is 47.8 Å². The van der Waals surface area contributed by atoms with Crippen LogP contribution in [0.1, 0.15) is 40.8 Å². The lowest BCUT2D eigenvalue weighted by atomic mass is 9.89. The van der Waals surface area contributed by atoms with Crippen molar-refractivity contribution >= 4 is 27.5 Å². The fraction of sp³-hybridized carbons (Fsp3) is 0.440. The Morgan fingerprint density at radius 3 is 2.54 bits per heavy atom. The fourth-order valence-corrected chi connectivity index (χ4v) is 7.23. The number of carbonyl (C=O) groups is 1. The molecule has 1 aromatic carbocycles. The van der Waals surface area contributed by atoms with E-state index in [2.05, 4.69) is 10.2 Å². The second kappa shape index (κ2) is 10.4. The van der Waals surface area contributed by atoms with Crippen LogP contribution in [0, 0.1) is 11.6 Å². The summed E-state index contributed by atoms with van der Waals surface area (Å²) in [4.78, 5) is 28.1. The molecule has 0 aliphatic carbocycles.